The molecule has 0 heterocycles. The summed E-state index contributed by atoms with van der Waals surface area (Å²) in [5, 5.41) is 2.67. The molecule has 0 saturated carbocycles. The number of hydrogen-bond donors (Lipinski definition) is 1. The fourth-order valence-corrected chi connectivity index (χ4v) is 4.23. The van der Waals surface area contributed by atoms with Gasteiger partial charge in [0.1, 0.15) is 12.6 Å². The maximum atomic E-state index is 12.9. The molecule has 1 N–H and O–H groups in total. The second-order valence-corrected chi connectivity index (χ2v) is 7.91. The number of nitrogens with zero attached hydrogens (tertiary/aromatic N) is 1. The number of hydrogen-bond acceptors (Lipinski definition) is 5. The summed E-state index contributed by atoms with van der Waals surface area (Å²) >= 11 is 0. The summed E-state index contributed by atoms with van der Waals surface area (Å²) in [5.74, 6) is -0.241. The van der Waals surface area contributed by atoms with Crippen LogP contribution in [0, 0.1) is 0 Å². The second-order valence-electron chi connectivity index (χ2n) is 7.91. The van der Waals surface area contributed by atoms with Crippen molar-refractivity contribution in [2.75, 3.05) is 32.9 Å². The van der Waals surface area contributed by atoms with Crippen molar-refractivity contribution in [3.8, 4) is 11.1 Å². The van der Waals surface area contributed by atoms with Gasteiger partial charge in [-0.1, -0.05) is 48.5 Å². The van der Waals surface area contributed by atoms with Crippen molar-refractivity contribution < 1.29 is 23.8 Å². The van der Waals surface area contributed by atoms with Crippen LogP contribution in [0.2, 0.25) is 0 Å². The highest BCUT2D eigenvalue weighted by atomic mass is 16.7. The van der Waals surface area contributed by atoms with E-state index in [1.807, 2.05) is 45.0 Å². The van der Waals surface area contributed by atoms with E-state index >= 15 is 0 Å². The molecule has 0 fully saturated rings. The van der Waals surface area contributed by atoms with Crippen LogP contribution in [-0.2, 0) is 19.0 Å². The predicted molar refractivity (Wildman–Crippen MR) is 127 cm³/mol. The Hall–Kier alpha value is -2.90. The second kappa shape index (κ2) is 11.8. The third-order valence-electron chi connectivity index (χ3n) is 5.82. The number of carbonyl (C=O) groups is 2. The van der Waals surface area contributed by atoms with Gasteiger partial charge >= 0.3 is 6.09 Å². The number of fused-ring (bicyclic) bond motifs is 3. The maximum absolute atomic E-state index is 12.9. The Morgan fingerprint density at radius 2 is 1.48 bits per heavy atom. The molecule has 0 spiro atoms. The molecule has 3 rings (SSSR count). The molecule has 178 valence electrons. The SMILES string of the molecule is CCOC(CN(CC)C(=O)[C@H](C)NC(=O)OCC1c2ccccc2-c2ccccc21)OCC. The lowest BCUT2D eigenvalue weighted by atomic mass is 9.98. The first-order chi connectivity index (χ1) is 16.0. The molecule has 2 aromatic rings. The van der Waals surface area contributed by atoms with Gasteiger partial charge in [0.05, 0.1) is 6.54 Å². The molecule has 0 aliphatic heterocycles. The largest absolute Gasteiger partial charge is 0.449 e. The molecule has 0 aromatic heterocycles. The Balaban J connectivity index is 1.58. The predicted octanol–water partition coefficient (Wildman–Crippen LogP) is 4.16. The Morgan fingerprint density at radius 1 is 0.939 bits per heavy atom. The number of rotatable bonds is 11. The molecule has 7 nitrogen and oxygen atoms in total. The highest BCUT2D eigenvalue weighted by Crippen LogP contribution is 2.44. The van der Waals surface area contributed by atoms with Gasteiger partial charge in [-0.3, -0.25) is 4.79 Å². The van der Waals surface area contributed by atoms with Crippen molar-refractivity contribution in [1.29, 1.82) is 0 Å². The summed E-state index contributed by atoms with van der Waals surface area (Å²) in [7, 11) is 0. The fraction of sp³-hybridized carbons (Fsp3) is 0.462. The molecular weight excluding hydrogens is 420 g/mol. The third-order valence-corrected chi connectivity index (χ3v) is 5.82. The Labute approximate surface area is 196 Å². The topological polar surface area (TPSA) is 77.1 Å². The van der Waals surface area contributed by atoms with E-state index in [4.69, 9.17) is 14.2 Å². The van der Waals surface area contributed by atoms with Crippen LogP contribution in [0.5, 0.6) is 0 Å². The summed E-state index contributed by atoms with van der Waals surface area (Å²) < 4.78 is 16.7. The van der Waals surface area contributed by atoms with Crippen molar-refractivity contribution >= 4 is 12.0 Å². The van der Waals surface area contributed by atoms with E-state index in [1.165, 1.54) is 11.1 Å². The van der Waals surface area contributed by atoms with E-state index in [0.29, 0.717) is 26.3 Å². The van der Waals surface area contributed by atoms with Gasteiger partial charge in [-0.2, -0.15) is 0 Å². The first-order valence-electron chi connectivity index (χ1n) is 11.6. The molecule has 2 amide bonds. The number of amides is 2. The average molecular weight is 455 g/mol. The molecular formula is C26H34N2O5. The van der Waals surface area contributed by atoms with Gasteiger partial charge in [-0.05, 0) is 49.9 Å². The molecule has 0 radical (unpaired) electrons. The molecule has 7 heteroatoms. The normalized spacial score (nSPS) is 13.4. The lowest BCUT2D eigenvalue weighted by molar-refractivity contribution is -0.159. The Morgan fingerprint density at radius 3 is 2.00 bits per heavy atom. The fourth-order valence-electron chi connectivity index (χ4n) is 4.23. The van der Waals surface area contributed by atoms with E-state index in [0.717, 1.165) is 11.1 Å². The van der Waals surface area contributed by atoms with Gasteiger partial charge in [0, 0.05) is 25.7 Å². The number of carbonyl (C=O) groups excluding carboxylic acids is 2. The number of likely N-dealkylation sites (N-methyl/N-ethyl adjacent to an activating group) is 1. The number of ether oxygens (including phenoxy) is 3. The number of nitrogens with one attached hydrogen (secondary N) is 1. The monoisotopic (exact) mass is 454 g/mol. The quantitative estimate of drug-likeness (QED) is 0.516. The summed E-state index contributed by atoms with van der Waals surface area (Å²) in [6.45, 7) is 9.26. The maximum Gasteiger partial charge on any atom is 0.407 e. The zero-order valence-corrected chi connectivity index (χ0v) is 19.9. The molecule has 1 aliphatic carbocycles. The number of benzene rings is 2. The zero-order valence-electron chi connectivity index (χ0n) is 19.9. The molecule has 0 bridgehead atoms. The minimum atomic E-state index is -0.732. The van der Waals surface area contributed by atoms with Gasteiger partial charge in [-0.25, -0.2) is 4.79 Å². The number of alkyl carbamates (subject to hydrolysis) is 1. The third kappa shape index (κ3) is 5.92. The van der Waals surface area contributed by atoms with Crippen LogP contribution in [-0.4, -0.2) is 62.1 Å². The van der Waals surface area contributed by atoms with Crippen LogP contribution >= 0.6 is 0 Å². The molecule has 1 atom stereocenters. The summed E-state index contributed by atoms with van der Waals surface area (Å²) in [6.07, 6.45) is -1.11. The molecule has 0 saturated heterocycles. The molecule has 1 aliphatic rings. The zero-order chi connectivity index (χ0) is 23.8. The van der Waals surface area contributed by atoms with E-state index in [1.54, 1.807) is 11.8 Å². The van der Waals surface area contributed by atoms with Gasteiger partial charge < -0.3 is 24.4 Å². The van der Waals surface area contributed by atoms with Crippen molar-refractivity contribution in [3.05, 3.63) is 59.7 Å². The smallest absolute Gasteiger partial charge is 0.407 e. The average Bonchev–Trinajstić information content (AvgIpc) is 3.14. The van der Waals surface area contributed by atoms with Crippen LogP contribution in [0.15, 0.2) is 48.5 Å². The van der Waals surface area contributed by atoms with E-state index in [2.05, 4.69) is 29.6 Å². The van der Waals surface area contributed by atoms with E-state index < -0.39 is 18.4 Å². The first kappa shape index (κ1) is 24.7. The van der Waals surface area contributed by atoms with Gasteiger partial charge in [0.15, 0.2) is 6.29 Å². The van der Waals surface area contributed by atoms with Gasteiger partial charge in [0.2, 0.25) is 5.91 Å². The van der Waals surface area contributed by atoms with Gasteiger partial charge in [-0.15, -0.1) is 0 Å². The van der Waals surface area contributed by atoms with Crippen LogP contribution in [0.3, 0.4) is 0 Å². The standard InChI is InChI=1S/C26H34N2O5/c1-5-28(16-24(31-6-2)32-7-3)25(29)18(4)27-26(30)33-17-23-21-14-10-8-12-19(21)20-13-9-11-15-22(20)23/h8-15,18,23-24H,5-7,16-17H2,1-4H3,(H,27,30)/t18-/m0/s1. The van der Waals surface area contributed by atoms with E-state index in [-0.39, 0.29) is 18.4 Å². The van der Waals surface area contributed by atoms with Crippen LogP contribution in [0.25, 0.3) is 11.1 Å². The van der Waals surface area contributed by atoms with Crippen LogP contribution in [0.4, 0.5) is 4.79 Å². The van der Waals surface area contributed by atoms with E-state index in [9.17, 15) is 9.59 Å². The molecule has 0 unspecified atom stereocenters. The highest BCUT2D eigenvalue weighted by Gasteiger charge is 2.30. The Bertz CT molecular complexity index is 896. The molecule has 2 aromatic carbocycles. The van der Waals surface area contributed by atoms with Crippen LogP contribution in [0.1, 0.15) is 44.7 Å². The minimum absolute atomic E-state index is 0.0283. The lowest BCUT2D eigenvalue weighted by Crippen LogP contribution is -2.49. The van der Waals surface area contributed by atoms with Crippen molar-refractivity contribution in [2.24, 2.45) is 0 Å². The highest BCUT2D eigenvalue weighted by molar-refractivity contribution is 5.85. The van der Waals surface area contributed by atoms with Crippen molar-refractivity contribution in [2.45, 2.75) is 45.9 Å². The molecule has 33 heavy (non-hydrogen) atoms. The summed E-state index contributed by atoms with van der Waals surface area (Å²) in [6, 6.07) is 15.6. The Kier molecular flexibility index (Phi) is 8.86. The summed E-state index contributed by atoms with van der Waals surface area (Å²) in [4.78, 5) is 27.0. The minimum Gasteiger partial charge on any atom is -0.449 e. The summed E-state index contributed by atoms with van der Waals surface area (Å²) in [5.41, 5.74) is 4.63. The van der Waals surface area contributed by atoms with Crippen molar-refractivity contribution in [3.63, 3.8) is 0 Å². The first-order valence-corrected chi connectivity index (χ1v) is 11.6. The van der Waals surface area contributed by atoms with Crippen LogP contribution < -0.4 is 5.32 Å². The van der Waals surface area contributed by atoms with Gasteiger partial charge in [0.25, 0.3) is 0 Å². The lowest BCUT2D eigenvalue weighted by Gasteiger charge is -2.28. The van der Waals surface area contributed by atoms with Crippen molar-refractivity contribution in [1.82, 2.24) is 10.2 Å².